The lowest BCUT2D eigenvalue weighted by molar-refractivity contribution is 0.480. The largest absolute Gasteiger partial charge is 0.321 e. The molecular formula is C15H16BrN5. The van der Waals surface area contributed by atoms with Gasteiger partial charge >= 0.3 is 0 Å². The first-order chi connectivity index (χ1) is 10.1. The van der Waals surface area contributed by atoms with Crippen LogP contribution in [0.25, 0.3) is 16.9 Å². The molecule has 6 heteroatoms. The van der Waals surface area contributed by atoms with Crippen molar-refractivity contribution in [3.8, 4) is 11.3 Å². The van der Waals surface area contributed by atoms with E-state index in [1.54, 1.807) is 4.52 Å². The molecule has 2 heterocycles. The van der Waals surface area contributed by atoms with Crippen molar-refractivity contribution >= 4 is 21.6 Å². The highest BCUT2D eigenvalue weighted by atomic mass is 79.9. The summed E-state index contributed by atoms with van der Waals surface area (Å²) < 4.78 is 2.76. The Kier molecular flexibility index (Phi) is 3.73. The van der Waals surface area contributed by atoms with Crippen molar-refractivity contribution in [2.24, 2.45) is 11.7 Å². The number of hydrogen-bond acceptors (Lipinski definition) is 4. The van der Waals surface area contributed by atoms with Gasteiger partial charge in [0.15, 0.2) is 11.5 Å². The minimum absolute atomic E-state index is 0.190. The summed E-state index contributed by atoms with van der Waals surface area (Å²) in [6, 6.07) is 11.7. The second kappa shape index (κ2) is 5.54. The summed E-state index contributed by atoms with van der Waals surface area (Å²) >= 11 is 3.48. The maximum atomic E-state index is 6.19. The van der Waals surface area contributed by atoms with E-state index in [4.69, 9.17) is 5.73 Å². The topological polar surface area (TPSA) is 69.1 Å². The number of rotatable bonds is 3. The molecule has 0 spiro atoms. The molecule has 0 aliphatic carbocycles. The van der Waals surface area contributed by atoms with Gasteiger partial charge in [0.05, 0.1) is 11.7 Å². The van der Waals surface area contributed by atoms with Gasteiger partial charge in [0.25, 0.3) is 0 Å². The molecule has 2 N–H and O–H groups in total. The highest BCUT2D eigenvalue weighted by molar-refractivity contribution is 9.10. The van der Waals surface area contributed by atoms with Crippen molar-refractivity contribution in [1.29, 1.82) is 0 Å². The van der Waals surface area contributed by atoms with Gasteiger partial charge in [0.1, 0.15) is 0 Å². The molecule has 2 aromatic heterocycles. The molecule has 0 fully saturated rings. The molecule has 3 aromatic rings. The van der Waals surface area contributed by atoms with Crippen molar-refractivity contribution < 1.29 is 0 Å². The predicted molar refractivity (Wildman–Crippen MR) is 85.7 cm³/mol. The van der Waals surface area contributed by atoms with Crippen LogP contribution in [0.1, 0.15) is 25.7 Å². The number of nitrogens with zero attached hydrogens (tertiary/aromatic N) is 4. The molecule has 0 aliphatic heterocycles. The lowest BCUT2D eigenvalue weighted by atomic mass is 10.1. The van der Waals surface area contributed by atoms with Crippen LogP contribution in [0, 0.1) is 5.92 Å². The minimum Gasteiger partial charge on any atom is -0.321 e. The third-order valence-corrected chi connectivity index (χ3v) is 3.92. The first kappa shape index (κ1) is 14.2. The number of nitrogens with two attached hydrogens (primary N) is 1. The molecular weight excluding hydrogens is 330 g/mol. The zero-order valence-electron chi connectivity index (χ0n) is 11.9. The van der Waals surface area contributed by atoms with Crippen molar-refractivity contribution in [2.75, 3.05) is 0 Å². The maximum absolute atomic E-state index is 6.19. The summed E-state index contributed by atoms with van der Waals surface area (Å²) in [6.07, 6.45) is 0. The summed E-state index contributed by atoms with van der Waals surface area (Å²) in [5, 5.41) is 13.0. The molecule has 0 saturated carbocycles. The van der Waals surface area contributed by atoms with E-state index in [1.165, 1.54) is 0 Å². The average Bonchev–Trinajstić information content (AvgIpc) is 2.89. The standard InChI is InChI=1S/C15H16BrN5/c1-9(2)14(17)15-19-18-13-7-6-12(20-21(13)15)10-4-3-5-11(16)8-10/h3-9,14H,17H2,1-2H3/t14-/m1/s1. The van der Waals surface area contributed by atoms with Crippen LogP contribution in [0.2, 0.25) is 0 Å². The van der Waals surface area contributed by atoms with E-state index in [1.807, 2.05) is 36.4 Å². The zero-order chi connectivity index (χ0) is 15.0. The van der Waals surface area contributed by atoms with Gasteiger partial charge < -0.3 is 5.73 Å². The van der Waals surface area contributed by atoms with Gasteiger partial charge in [-0.2, -0.15) is 9.61 Å². The maximum Gasteiger partial charge on any atom is 0.178 e. The highest BCUT2D eigenvalue weighted by Crippen LogP contribution is 2.23. The number of aromatic nitrogens is 4. The van der Waals surface area contributed by atoms with Crippen molar-refractivity contribution in [1.82, 2.24) is 19.8 Å². The molecule has 21 heavy (non-hydrogen) atoms. The van der Waals surface area contributed by atoms with Crippen LogP contribution in [-0.4, -0.2) is 19.8 Å². The van der Waals surface area contributed by atoms with Crippen LogP contribution >= 0.6 is 15.9 Å². The van der Waals surface area contributed by atoms with Crippen LogP contribution in [-0.2, 0) is 0 Å². The number of hydrogen-bond donors (Lipinski definition) is 1. The molecule has 0 radical (unpaired) electrons. The summed E-state index contributed by atoms with van der Waals surface area (Å²) in [7, 11) is 0. The highest BCUT2D eigenvalue weighted by Gasteiger charge is 2.18. The SMILES string of the molecule is CC(C)[C@@H](N)c1nnc2ccc(-c3cccc(Br)c3)nn12. The van der Waals surface area contributed by atoms with E-state index in [0.717, 1.165) is 15.7 Å². The van der Waals surface area contributed by atoms with Crippen molar-refractivity contribution in [2.45, 2.75) is 19.9 Å². The van der Waals surface area contributed by atoms with Gasteiger partial charge in [-0.15, -0.1) is 10.2 Å². The Balaban J connectivity index is 2.13. The van der Waals surface area contributed by atoms with E-state index >= 15 is 0 Å². The molecule has 0 unspecified atom stereocenters. The molecule has 3 rings (SSSR count). The van der Waals surface area contributed by atoms with Crippen LogP contribution < -0.4 is 5.73 Å². The van der Waals surface area contributed by atoms with E-state index in [2.05, 4.69) is 45.1 Å². The summed E-state index contributed by atoms with van der Waals surface area (Å²) in [4.78, 5) is 0. The molecule has 0 amide bonds. The average molecular weight is 346 g/mol. The molecule has 1 aromatic carbocycles. The van der Waals surface area contributed by atoms with Crippen LogP contribution in [0.3, 0.4) is 0 Å². The predicted octanol–water partition coefficient (Wildman–Crippen LogP) is 3.21. The van der Waals surface area contributed by atoms with Crippen molar-refractivity contribution in [3.63, 3.8) is 0 Å². The lowest BCUT2D eigenvalue weighted by Crippen LogP contribution is -2.20. The number of fused-ring (bicyclic) bond motifs is 1. The van der Waals surface area contributed by atoms with Gasteiger partial charge in [-0.05, 0) is 30.2 Å². The first-order valence-corrected chi connectivity index (χ1v) is 7.59. The van der Waals surface area contributed by atoms with Gasteiger partial charge in [0, 0.05) is 10.0 Å². The molecule has 0 aliphatic rings. The summed E-state index contributed by atoms with van der Waals surface area (Å²) in [5.74, 6) is 0.963. The Bertz CT molecular complexity index is 781. The quantitative estimate of drug-likeness (QED) is 0.791. The Morgan fingerprint density at radius 3 is 2.67 bits per heavy atom. The molecule has 1 atom stereocenters. The van der Waals surface area contributed by atoms with E-state index in [9.17, 15) is 0 Å². The lowest BCUT2D eigenvalue weighted by Gasteiger charge is -2.13. The Morgan fingerprint density at radius 2 is 1.95 bits per heavy atom. The second-order valence-corrected chi connectivity index (χ2v) is 6.24. The number of halogens is 1. The Morgan fingerprint density at radius 1 is 1.14 bits per heavy atom. The van der Waals surface area contributed by atoms with Gasteiger partial charge in [0.2, 0.25) is 0 Å². The van der Waals surface area contributed by atoms with Gasteiger partial charge in [-0.1, -0.05) is 41.9 Å². The Labute approximate surface area is 131 Å². The van der Waals surface area contributed by atoms with Crippen LogP contribution in [0.5, 0.6) is 0 Å². The van der Waals surface area contributed by atoms with E-state index in [0.29, 0.717) is 11.5 Å². The fourth-order valence-corrected chi connectivity index (χ4v) is 2.51. The van der Waals surface area contributed by atoms with E-state index < -0.39 is 0 Å². The first-order valence-electron chi connectivity index (χ1n) is 6.80. The normalized spacial score (nSPS) is 13.0. The molecule has 108 valence electrons. The van der Waals surface area contributed by atoms with Gasteiger partial charge in [-0.25, -0.2) is 0 Å². The summed E-state index contributed by atoms with van der Waals surface area (Å²) in [6.45, 7) is 4.12. The minimum atomic E-state index is -0.190. The van der Waals surface area contributed by atoms with Gasteiger partial charge in [-0.3, -0.25) is 0 Å². The monoisotopic (exact) mass is 345 g/mol. The van der Waals surface area contributed by atoms with Crippen molar-refractivity contribution in [3.05, 3.63) is 46.7 Å². The third kappa shape index (κ3) is 2.69. The molecule has 0 saturated heterocycles. The van der Waals surface area contributed by atoms with Crippen LogP contribution in [0.4, 0.5) is 0 Å². The van der Waals surface area contributed by atoms with E-state index in [-0.39, 0.29) is 12.0 Å². The number of benzene rings is 1. The summed E-state index contributed by atoms with van der Waals surface area (Å²) in [5.41, 5.74) is 8.79. The second-order valence-electron chi connectivity index (χ2n) is 5.33. The fourth-order valence-electron chi connectivity index (χ4n) is 2.11. The molecule has 5 nitrogen and oxygen atoms in total. The fraction of sp³-hybridized carbons (Fsp3) is 0.267. The zero-order valence-corrected chi connectivity index (χ0v) is 13.4. The van der Waals surface area contributed by atoms with Crippen LogP contribution in [0.15, 0.2) is 40.9 Å². The third-order valence-electron chi connectivity index (χ3n) is 3.42. The smallest absolute Gasteiger partial charge is 0.178 e. The molecule has 0 bridgehead atoms. The Hall–Kier alpha value is -1.79.